The SMILES string of the molecule is CC(c1ccn[nH]1)N1Cc2cc3c(cc2CC1C(=O)NC(Cc1ccc(-c2ccc(C#N)cc2)cc1)C(=O)O)OCC(c1ccc(OCc2ccc(Cl)c(Cl)c2)cc1)O3. The maximum atomic E-state index is 14.2. The summed E-state index contributed by atoms with van der Waals surface area (Å²) in [4.78, 5) is 28.8. The highest BCUT2D eigenvalue weighted by Crippen LogP contribution is 2.42. The first-order valence-electron chi connectivity index (χ1n) is 19.1. The molecule has 1 aromatic heterocycles. The molecule has 0 fully saturated rings. The number of carboxylic acids is 1. The summed E-state index contributed by atoms with van der Waals surface area (Å²) < 4.78 is 18.7. The zero-order valence-electron chi connectivity index (χ0n) is 31.9. The number of hydrogen-bond acceptors (Lipinski definition) is 8. The minimum Gasteiger partial charge on any atom is -0.489 e. The minimum absolute atomic E-state index is 0.0997. The number of amides is 1. The molecular weight excluding hydrogens is 789 g/mol. The van der Waals surface area contributed by atoms with E-state index in [2.05, 4.69) is 26.5 Å². The molecule has 8 rings (SSSR count). The van der Waals surface area contributed by atoms with Crippen LogP contribution in [-0.2, 0) is 35.6 Å². The van der Waals surface area contributed by atoms with E-state index in [9.17, 15) is 14.7 Å². The Labute approximate surface area is 351 Å². The Balaban J connectivity index is 0.962. The predicted octanol–water partition coefficient (Wildman–Crippen LogP) is 8.65. The molecule has 3 heterocycles. The molecule has 1 amide bonds. The fourth-order valence-electron chi connectivity index (χ4n) is 7.51. The third-order valence-corrected chi connectivity index (χ3v) is 11.6. The summed E-state index contributed by atoms with van der Waals surface area (Å²) in [5, 5.41) is 30.4. The number of nitrogens with zero attached hydrogens (tertiary/aromatic N) is 3. The van der Waals surface area contributed by atoms with Crippen molar-refractivity contribution >= 4 is 35.1 Å². The second kappa shape index (κ2) is 17.3. The number of carbonyl (C=O) groups is 2. The molecule has 2 aliphatic heterocycles. The molecule has 59 heavy (non-hydrogen) atoms. The molecule has 2 aliphatic rings. The molecule has 0 aliphatic carbocycles. The van der Waals surface area contributed by atoms with Crippen molar-refractivity contribution in [2.75, 3.05) is 6.61 Å². The van der Waals surface area contributed by atoms with Gasteiger partial charge in [0, 0.05) is 25.2 Å². The van der Waals surface area contributed by atoms with Crippen LogP contribution in [0.2, 0.25) is 10.0 Å². The molecule has 5 aromatic carbocycles. The van der Waals surface area contributed by atoms with E-state index >= 15 is 0 Å². The van der Waals surface area contributed by atoms with E-state index in [0.717, 1.165) is 44.6 Å². The normalized spacial score (nSPS) is 16.9. The second-order valence-electron chi connectivity index (χ2n) is 14.7. The largest absolute Gasteiger partial charge is 0.489 e. The van der Waals surface area contributed by atoms with E-state index in [1.54, 1.807) is 30.5 Å². The molecule has 0 bridgehead atoms. The molecule has 298 valence electrons. The van der Waals surface area contributed by atoms with Gasteiger partial charge in [-0.3, -0.25) is 14.8 Å². The molecule has 13 heteroatoms. The van der Waals surface area contributed by atoms with Crippen molar-refractivity contribution in [1.82, 2.24) is 20.4 Å². The van der Waals surface area contributed by atoms with E-state index in [0.29, 0.717) is 52.4 Å². The Hall–Kier alpha value is -6.32. The number of aliphatic carboxylic acids is 1. The maximum absolute atomic E-state index is 14.2. The number of aromatic nitrogens is 2. The maximum Gasteiger partial charge on any atom is 0.326 e. The number of carboxylic acid groups (broad SMARTS) is 1. The first-order chi connectivity index (χ1) is 28.6. The number of hydrogen-bond donors (Lipinski definition) is 3. The van der Waals surface area contributed by atoms with Gasteiger partial charge in [-0.15, -0.1) is 0 Å². The average Bonchev–Trinajstić information content (AvgIpc) is 3.81. The Morgan fingerprint density at radius 3 is 2.32 bits per heavy atom. The number of H-pyrrole nitrogens is 1. The van der Waals surface area contributed by atoms with Gasteiger partial charge in [0.05, 0.1) is 33.4 Å². The fraction of sp³-hybridized carbons (Fsp3) is 0.217. The monoisotopic (exact) mass is 827 g/mol. The van der Waals surface area contributed by atoms with Gasteiger partial charge in [0.25, 0.3) is 0 Å². The topological polar surface area (TPSA) is 150 Å². The smallest absolute Gasteiger partial charge is 0.326 e. The Morgan fingerprint density at radius 1 is 0.932 bits per heavy atom. The molecule has 6 aromatic rings. The molecule has 0 saturated carbocycles. The summed E-state index contributed by atoms with van der Waals surface area (Å²) in [6.45, 7) is 3.02. The number of nitriles is 1. The molecule has 0 radical (unpaired) electrons. The second-order valence-corrected chi connectivity index (χ2v) is 15.5. The molecule has 3 N–H and O–H groups in total. The number of aromatic amines is 1. The number of rotatable bonds is 12. The van der Waals surface area contributed by atoms with Crippen LogP contribution in [0.5, 0.6) is 17.2 Å². The van der Waals surface area contributed by atoms with Crippen molar-refractivity contribution in [1.29, 1.82) is 5.26 Å². The van der Waals surface area contributed by atoms with E-state index in [4.69, 9.17) is 42.7 Å². The van der Waals surface area contributed by atoms with Crippen LogP contribution in [0.15, 0.2) is 115 Å². The predicted molar refractivity (Wildman–Crippen MR) is 222 cm³/mol. The number of fused-ring (bicyclic) bond motifs is 2. The highest BCUT2D eigenvalue weighted by atomic mass is 35.5. The third-order valence-electron chi connectivity index (χ3n) is 10.9. The van der Waals surface area contributed by atoms with Crippen LogP contribution in [0.4, 0.5) is 0 Å². The van der Waals surface area contributed by atoms with Crippen molar-refractivity contribution in [2.24, 2.45) is 0 Å². The number of ether oxygens (including phenoxy) is 3. The van der Waals surface area contributed by atoms with Crippen LogP contribution >= 0.6 is 23.2 Å². The van der Waals surface area contributed by atoms with Crippen LogP contribution in [0.25, 0.3) is 11.1 Å². The van der Waals surface area contributed by atoms with Crippen LogP contribution < -0.4 is 19.5 Å². The van der Waals surface area contributed by atoms with Crippen molar-refractivity contribution in [3.63, 3.8) is 0 Å². The van der Waals surface area contributed by atoms with Gasteiger partial charge in [0.1, 0.15) is 25.0 Å². The lowest BCUT2D eigenvalue weighted by Gasteiger charge is -2.40. The summed E-state index contributed by atoms with van der Waals surface area (Å²) in [5.74, 6) is 0.374. The number of benzene rings is 5. The van der Waals surface area contributed by atoms with Gasteiger partial charge in [0.2, 0.25) is 5.91 Å². The van der Waals surface area contributed by atoms with Crippen molar-refractivity contribution in [2.45, 2.75) is 57.1 Å². The van der Waals surface area contributed by atoms with E-state index < -0.39 is 18.1 Å². The standard InChI is InChI=1S/C46H39Cl2N5O6/c1-27(39-16-17-50-52-39)53-24-35-22-43-42(58-26-44(59-43)33-11-13-36(14-12-33)57-25-30-6-15-37(47)38(48)18-30)21-34(35)20-41(53)45(54)51-40(46(55)56)19-28-2-7-31(8-3-28)32-9-4-29(23-49)5-10-32/h2-18,21-22,27,40-41,44H,19-20,24-26H2,1H3,(H,50,52)(H,51,54)(H,55,56). The Morgan fingerprint density at radius 2 is 1.64 bits per heavy atom. The lowest BCUT2D eigenvalue weighted by molar-refractivity contribution is -0.143. The summed E-state index contributed by atoms with van der Waals surface area (Å²) in [7, 11) is 0. The van der Waals surface area contributed by atoms with E-state index in [-0.39, 0.29) is 31.1 Å². The van der Waals surface area contributed by atoms with Crippen LogP contribution in [0, 0.1) is 11.3 Å². The summed E-state index contributed by atoms with van der Waals surface area (Å²) in [6.07, 6.45) is 1.74. The number of halogens is 2. The summed E-state index contributed by atoms with van der Waals surface area (Å²) in [6, 6.07) is 33.7. The summed E-state index contributed by atoms with van der Waals surface area (Å²) in [5.41, 5.74) is 7.77. The molecule has 0 saturated heterocycles. The van der Waals surface area contributed by atoms with E-state index in [1.165, 1.54) is 0 Å². The van der Waals surface area contributed by atoms with Crippen molar-refractivity contribution < 1.29 is 28.9 Å². The molecular formula is C46H39Cl2N5O6. The van der Waals surface area contributed by atoms with Gasteiger partial charge in [0.15, 0.2) is 17.6 Å². The van der Waals surface area contributed by atoms with Gasteiger partial charge in [-0.25, -0.2) is 4.79 Å². The van der Waals surface area contributed by atoms with Gasteiger partial charge in [-0.1, -0.05) is 77.8 Å². The minimum atomic E-state index is -1.16. The lowest BCUT2D eigenvalue weighted by atomic mass is 9.90. The zero-order chi connectivity index (χ0) is 41.0. The third kappa shape index (κ3) is 8.91. The zero-order valence-corrected chi connectivity index (χ0v) is 33.4. The quantitative estimate of drug-likeness (QED) is 0.110. The molecule has 4 unspecified atom stereocenters. The molecule has 4 atom stereocenters. The highest BCUT2D eigenvalue weighted by Gasteiger charge is 2.38. The van der Waals surface area contributed by atoms with E-state index in [1.807, 2.05) is 91.9 Å². The van der Waals surface area contributed by atoms with Crippen LogP contribution in [-0.4, -0.2) is 50.8 Å². The van der Waals surface area contributed by atoms with Crippen molar-refractivity contribution in [3.05, 3.63) is 165 Å². The Kier molecular flexibility index (Phi) is 11.6. The fourth-order valence-corrected chi connectivity index (χ4v) is 7.83. The average molecular weight is 829 g/mol. The lowest BCUT2D eigenvalue weighted by Crippen LogP contribution is -2.54. The first kappa shape index (κ1) is 39.5. The highest BCUT2D eigenvalue weighted by molar-refractivity contribution is 6.42. The van der Waals surface area contributed by atoms with Gasteiger partial charge in [-0.2, -0.15) is 10.4 Å². The molecule has 11 nitrogen and oxygen atoms in total. The van der Waals surface area contributed by atoms with Crippen LogP contribution in [0.3, 0.4) is 0 Å². The number of nitrogens with one attached hydrogen (secondary N) is 2. The van der Waals surface area contributed by atoms with Gasteiger partial charge in [-0.05, 0) is 107 Å². The van der Waals surface area contributed by atoms with Crippen molar-refractivity contribution in [3.8, 4) is 34.4 Å². The van der Waals surface area contributed by atoms with Crippen LogP contribution in [0.1, 0.15) is 58.1 Å². The first-order valence-corrected chi connectivity index (χ1v) is 19.9. The van der Waals surface area contributed by atoms with Gasteiger partial charge >= 0.3 is 5.97 Å². The van der Waals surface area contributed by atoms with Gasteiger partial charge < -0.3 is 24.6 Å². The Bertz CT molecular complexity index is 2510. The molecule has 0 spiro atoms. The summed E-state index contributed by atoms with van der Waals surface area (Å²) >= 11 is 12.2. The number of carbonyl (C=O) groups excluding carboxylic acids is 1.